The van der Waals surface area contributed by atoms with Crippen LogP contribution >= 0.6 is 0 Å². The average molecular weight is 185 g/mol. The summed E-state index contributed by atoms with van der Waals surface area (Å²) >= 11 is 0. The standard InChI is InChI=1S/C11H23NO/c1-3-4-5-6-8-12-11-7-9-13-10(11)2/h10-12H,3-9H2,1-2H3/t10-,11-/m0/s1. The normalized spacial score (nSPS) is 28.2. The van der Waals surface area contributed by atoms with E-state index in [-0.39, 0.29) is 0 Å². The van der Waals surface area contributed by atoms with Crippen LogP contribution in [0.5, 0.6) is 0 Å². The lowest BCUT2D eigenvalue weighted by atomic mass is 10.1. The summed E-state index contributed by atoms with van der Waals surface area (Å²) in [6.07, 6.45) is 6.99. The van der Waals surface area contributed by atoms with E-state index < -0.39 is 0 Å². The summed E-state index contributed by atoms with van der Waals surface area (Å²) in [5, 5.41) is 3.57. The lowest BCUT2D eigenvalue weighted by molar-refractivity contribution is 0.113. The van der Waals surface area contributed by atoms with Crippen LogP contribution in [0, 0.1) is 0 Å². The number of ether oxygens (including phenoxy) is 1. The van der Waals surface area contributed by atoms with Crippen molar-refractivity contribution in [3.05, 3.63) is 0 Å². The molecule has 0 bridgehead atoms. The van der Waals surface area contributed by atoms with Gasteiger partial charge in [-0.3, -0.25) is 0 Å². The second-order valence-corrected chi connectivity index (χ2v) is 3.99. The van der Waals surface area contributed by atoms with Gasteiger partial charge in [0, 0.05) is 12.6 Å². The van der Waals surface area contributed by atoms with Gasteiger partial charge in [-0.15, -0.1) is 0 Å². The van der Waals surface area contributed by atoms with E-state index in [4.69, 9.17) is 4.74 Å². The molecule has 1 aliphatic heterocycles. The fourth-order valence-electron chi connectivity index (χ4n) is 1.84. The molecule has 1 N–H and O–H groups in total. The minimum atomic E-state index is 0.422. The Morgan fingerprint density at radius 1 is 1.31 bits per heavy atom. The van der Waals surface area contributed by atoms with Crippen LogP contribution in [-0.4, -0.2) is 25.3 Å². The van der Waals surface area contributed by atoms with E-state index in [1.165, 1.54) is 38.6 Å². The van der Waals surface area contributed by atoms with Gasteiger partial charge in [0.25, 0.3) is 0 Å². The summed E-state index contributed by atoms with van der Waals surface area (Å²) in [4.78, 5) is 0. The lowest BCUT2D eigenvalue weighted by Gasteiger charge is -2.15. The SMILES string of the molecule is CCCCCCN[C@H]1CCO[C@H]1C. The summed E-state index contributed by atoms with van der Waals surface area (Å²) in [5.41, 5.74) is 0. The maximum atomic E-state index is 5.48. The number of unbranched alkanes of at least 4 members (excludes halogenated alkanes) is 3. The second-order valence-electron chi connectivity index (χ2n) is 3.99. The summed E-state index contributed by atoms with van der Waals surface area (Å²) in [5.74, 6) is 0. The first-order chi connectivity index (χ1) is 6.34. The van der Waals surface area contributed by atoms with Crippen LogP contribution in [0.1, 0.15) is 46.0 Å². The summed E-state index contributed by atoms with van der Waals surface area (Å²) in [6, 6.07) is 0.613. The van der Waals surface area contributed by atoms with Crippen LogP contribution in [0.3, 0.4) is 0 Å². The van der Waals surface area contributed by atoms with Crippen LogP contribution in [0.15, 0.2) is 0 Å². The molecule has 1 fully saturated rings. The van der Waals surface area contributed by atoms with Crippen LogP contribution in [0.4, 0.5) is 0 Å². The van der Waals surface area contributed by atoms with E-state index in [2.05, 4.69) is 19.2 Å². The van der Waals surface area contributed by atoms with Crippen molar-refractivity contribution in [3.63, 3.8) is 0 Å². The van der Waals surface area contributed by atoms with Crippen molar-refractivity contribution >= 4 is 0 Å². The van der Waals surface area contributed by atoms with Gasteiger partial charge in [-0.2, -0.15) is 0 Å². The molecule has 0 aromatic heterocycles. The van der Waals surface area contributed by atoms with E-state index in [1.807, 2.05) is 0 Å². The molecule has 13 heavy (non-hydrogen) atoms. The predicted octanol–water partition coefficient (Wildman–Crippen LogP) is 2.33. The Morgan fingerprint density at radius 2 is 2.15 bits per heavy atom. The highest BCUT2D eigenvalue weighted by atomic mass is 16.5. The Balaban J connectivity index is 1.93. The van der Waals surface area contributed by atoms with E-state index in [0.29, 0.717) is 12.1 Å². The van der Waals surface area contributed by atoms with Crippen LogP contribution in [0.2, 0.25) is 0 Å². The Bertz CT molecular complexity index is 127. The van der Waals surface area contributed by atoms with E-state index in [1.54, 1.807) is 0 Å². The largest absolute Gasteiger partial charge is 0.377 e. The van der Waals surface area contributed by atoms with E-state index in [0.717, 1.165) is 6.61 Å². The first kappa shape index (κ1) is 11.0. The van der Waals surface area contributed by atoms with Gasteiger partial charge < -0.3 is 10.1 Å². The minimum absolute atomic E-state index is 0.422. The van der Waals surface area contributed by atoms with Gasteiger partial charge >= 0.3 is 0 Å². The molecule has 0 radical (unpaired) electrons. The lowest BCUT2D eigenvalue weighted by Crippen LogP contribution is -2.35. The van der Waals surface area contributed by atoms with Gasteiger partial charge in [0.1, 0.15) is 0 Å². The Hall–Kier alpha value is -0.0800. The second kappa shape index (κ2) is 6.39. The van der Waals surface area contributed by atoms with Crippen molar-refractivity contribution in [2.75, 3.05) is 13.2 Å². The number of hydrogen-bond donors (Lipinski definition) is 1. The predicted molar refractivity (Wildman–Crippen MR) is 56.0 cm³/mol. The number of rotatable bonds is 6. The van der Waals surface area contributed by atoms with Crippen molar-refractivity contribution in [1.29, 1.82) is 0 Å². The molecular weight excluding hydrogens is 162 g/mol. The number of nitrogens with one attached hydrogen (secondary N) is 1. The van der Waals surface area contributed by atoms with Crippen molar-refractivity contribution in [3.8, 4) is 0 Å². The van der Waals surface area contributed by atoms with Crippen molar-refractivity contribution in [1.82, 2.24) is 5.32 Å². The molecule has 2 atom stereocenters. The highest BCUT2D eigenvalue weighted by molar-refractivity contribution is 4.78. The topological polar surface area (TPSA) is 21.3 Å². The molecule has 78 valence electrons. The monoisotopic (exact) mass is 185 g/mol. The van der Waals surface area contributed by atoms with Crippen molar-refractivity contribution < 1.29 is 4.74 Å². The fourth-order valence-corrected chi connectivity index (χ4v) is 1.84. The fraction of sp³-hybridized carbons (Fsp3) is 1.00. The number of hydrogen-bond acceptors (Lipinski definition) is 2. The zero-order chi connectivity index (χ0) is 9.52. The third-order valence-electron chi connectivity index (χ3n) is 2.81. The van der Waals surface area contributed by atoms with Crippen LogP contribution in [-0.2, 0) is 4.74 Å². The molecule has 1 aliphatic rings. The van der Waals surface area contributed by atoms with Crippen LogP contribution in [0.25, 0.3) is 0 Å². The highest BCUT2D eigenvalue weighted by Gasteiger charge is 2.22. The van der Waals surface area contributed by atoms with Gasteiger partial charge in [0.2, 0.25) is 0 Å². The van der Waals surface area contributed by atoms with Crippen molar-refractivity contribution in [2.45, 2.75) is 58.1 Å². The Labute approximate surface area is 82.0 Å². The van der Waals surface area contributed by atoms with Crippen LogP contribution < -0.4 is 5.32 Å². The molecule has 2 heteroatoms. The van der Waals surface area contributed by atoms with E-state index >= 15 is 0 Å². The van der Waals surface area contributed by atoms with Crippen molar-refractivity contribution in [2.24, 2.45) is 0 Å². The quantitative estimate of drug-likeness (QED) is 0.641. The molecule has 0 spiro atoms. The molecule has 0 aliphatic carbocycles. The molecular formula is C11H23NO. The third kappa shape index (κ3) is 4.10. The smallest absolute Gasteiger partial charge is 0.0700 e. The third-order valence-corrected chi connectivity index (χ3v) is 2.81. The zero-order valence-electron chi connectivity index (χ0n) is 9.01. The molecule has 0 aromatic rings. The average Bonchev–Trinajstić information content (AvgIpc) is 2.52. The molecule has 0 saturated carbocycles. The Kier molecular flexibility index (Phi) is 5.40. The van der Waals surface area contributed by atoms with Gasteiger partial charge in [-0.25, -0.2) is 0 Å². The van der Waals surface area contributed by atoms with Gasteiger partial charge in [0.15, 0.2) is 0 Å². The molecule has 0 aromatic carbocycles. The summed E-state index contributed by atoms with van der Waals surface area (Å²) in [6.45, 7) is 6.52. The summed E-state index contributed by atoms with van der Waals surface area (Å²) in [7, 11) is 0. The molecule has 0 amide bonds. The molecule has 0 unspecified atom stereocenters. The van der Waals surface area contributed by atoms with Gasteiger partial charge in [0.05, 0.1) is 6.10 Å². The molecule has 1 heterocycles. The minimum Gasteiger partial charge on any atom is -0.377 e. The molecule has 2 nitrogen and oxygen atoms in total. The molecule has 1 saturated heterocycles. The van der Waals surface area contributed by atoms with E-state index in [9.17, 15) is 0 Å². The summed E-state index contributed by atoms with van der Waals surface area (Å²) < 4.78 is 5.48. The molecule has 1 rings (SSSR count). The Morgan fingerprint density at radius 3 is 2.77 bits per heavy atom. The zero-order valence-corrected chi connectivity index (χ0v) is 9.01. The maximum absolute atomic E-state index is 5.48. The first-order valence-corrected chi connectivity index (χ1v) is 5.69. The van der Waals surface area contributed by atoms with Gasteiger partial charge in [-0.05, 0) is 26.3 Å². The first-order valence-electron chi connectivity index (χ1n) is 5.69. The van der Waals surface area contributed by atoms with Gasteiger partial charge in [-0.1, -0.05) is 26.2 Å². The maximum Gasteiger partial charge on any atom is 0.0700 e. The highest BCUT2D eigenvalue weighted by Crippen LogP contribution is 2.12.